The molecule has 0 aliphatic carbocycles. The highest BCUT2D eigenvalue weighted by molar-refractivity contribution is 7.12. The van der Waals surface area contributed by atoms with E-state index >= 15 is 0 Å². The molecule has 1 saturated heterocycles. The Balaban J connectivity index is 2.14. The van der Waals surface area contributed by atoms with Crippen LogP contribution in [-0.4, -0.2) is 40.8 Å². The van der Waals surface area contributed by atoms with Crippen LogP contribution in [-0.2, 0) is 16.0 Å². The topological polar surface area (TPSA) is 70.1 Å². The van der Waals surface area contributed by atoms with Gasteiger partial charge >= 0.3 is 12.0 Å². The summed E-state index contributed by atoms with van der Waals surface area (Å²) < 4.78 is 4.80. The zero-order valence-corrected chi connectivity index (χ0v) is 11.4. The highest BCUT2D eigenvalue weighted by atomic mass is 32.1. The first-order valence-corrected chi connectivity index (χ1v) is 6.89. The molecule has 2 amide bonds. The third-order valence-electron chi connectivity index (χ3n) is 3.64. The summed E-state index contributed by atoms with van der Waals surface area (Å²) in [6.45, 7) is 2.35. The quantitative estimate of drug-likeness (QED) is 0.662. The molecular formula is C12H14N2O4S. The Morgan fingerprint density at radius 3 is 3.00 bits per heavy atom. The van der Waals surface area contributed by atoms with Crippen molar-refractivity contribution in [2.75, 3.05) is 13.7 Å². The number of hydrogen-bond donors (Lipinski definition) is 1. The number of hydroxylamine groups is 2. The lowest BCUT2D eigenvalue weighted by Crippen LogP contribution is -2.38. The molecule has 0 spiro atoms. The van der Waals surface area contributed by atoms with Crippen LogP contribution in [0.3, 0.4) is 0 Å². The average molecular weight is 282 g/mol. The third-order valence-corrected chi connectivity index (χ3v) is 4.99. The standard InChI is InChI=1S/C12H14N2O4S/c1-3-6-4-7-8-5-13(12(16)14(8)17)9(10(7)19-6)11(15)18-2/h4,8-9,17H,3,5H2,1-2H3. The number of esters is 1. The lowest BCUT2D eigenvalue weighted by Gasteiger charge is -2.28. The second-order valence-corrected chi connectivity index (χ2v) is 5.78. The van der Waals surface area contributed by atoms with Crippen molar-refractivity contribution >= 4 is 23.3 Å². The van der Waals surface area contributed by atoms with Crippen LogP contribution in [0, 0.1) is 0 Å². The van der Waals surface area contributed by atoms with Crippen molar-refractivity contribution in [1.29, 1.82) is 0 Å². The van der Waals surface area contributed by atoms with E-state index < -0.39 is 18.0 Å². The molecule has 2 bridgehead atoms. The van der Waals surface area contributed by atoms with Crippen LogP contribution in [0.2, 0.25) is 0 Å². The smallest absolute Gasteiger partial charge is 0.345 e. The number of carbonyl (C=O) groups excluding carboxylic acids is 2. The number of hydrogen-bond acceptors (Lipinski definition) is 5. The van der Waals surface area contributed by atoms with Crippen LogP contribution in [0.15, 0.2) is 6.07 Å². The van der Waals surface area contributed by atoms with Gasteiger partial charge in [0.25, 0.3) is 0 Å². The second-order valence-electron chi connectivity index (χ2n) is 4.61. The maximum absolute atomic E-state index is 12.0. The highest BCUT2D eigenvalue weighted by Crippen LogP contribution is 2.47. The van der Waals surface area contributed by atoms with E-state index in [4.69, 9.17) is 4.74 Å². The molecule has 3 rings (SSSR count). The van der Waals surface area contributed by atoms with Crippen molar-refractivity contribution in [2.24, 2.45) is 0 Å². The largest absolute Gasteiger partial charge is 0.467 e. The number of amides is 2. The van der Waals surface area contributed by atoms with Crippen LogP contribution in [0.4, 0.5) is 4.79 Å². The number of ether oxygens (including phenoxy) is 1. The van der Waals surface area contributed by atoms with Gasteiger partial charge in [0.1, 0.15) is 6.04 Å². The van der Waals surface area contributed by atoms with Crippen molar-refractivity contribution in [1.82, 2.24) is 9.96 Å². The average Bonchev–Trinajstić information content (AvgIpc) is 2.95. The lowest BCUT2D eigenvalue weighted by atomic mass is 9.99. The number of aryl methyl sites for hydroxylation is 1. The minimum atomic E-state index is -0.730. The molecule has 1 fully saturated rings. The van der Waals surface area contributed by atoms with Crippen molar-refractivity contribution in [3.8, 4) is 0 Å². The lowest BCUT2D eigenvalue weighted by molar-refractivity contribution is -0.146. The summed E-state index contributed by atoms with van der Waals surface area (Å²) in [5.41, 5.74) is 0.863. The molecule has 2 aliphatic rings. The van der Waals surface area contributed by atoms with E-state index in [9.17, 15) is 14.8 Å². The summed E-state index contributed by atoms with van der Waals surface area (Å²) >= 11 is 1.51. The Hall–Kier alpha value is -1.60. The normalized spacial score (nSPS) is 24.7. The van der Waals surface area contributed by atoms with Gasteiger partial charge in [-0.1, -0.05) is 6.92 Å². The fourth-order valence-electron chi connectivity index (χ4n) is 2.66. The first kappa shape index (κ1) is 12.4. The van der Waals surface area contributed by atoms with Gasteiger partial charge in [-0.05, 0) is 18.1 Å². The Labute approximate surface area is 114 Å². The predicted octanol–water partition coefficient (Wildman–Crippen LogP) is 1.71. The molecule has 102 valence electrons. The Morgan fingerprint density at radius 2 is 2.37 bits per heavy atom. The molecule has 6 nitrogen and oxygen atoms in total. The number of methoxy groups -OCH3 is 1. The first-order chi connectivity index (χ1) is 9.08. The molecule has 2 atom stereocenters. The van der Waals surface area contributed by atoms with Crippen LogP contribution in [0.1, 0.15) is 34.3 Å². The fourth-order valence-corrected chi connectivity index (χ4v) is 3.92. The molecule has 1 aromatic heterocycles. The number of rotatable bonds is 2. The van der Waals surface area contributed by atoms with Gasteiger partial charge in [0, 0.05) is 9.75 Å². The van der Waals surface area contributed by atoms with E-state index in [1.807, 2.05) is 13.0 Å². The number of thiophene rings is 1. The van der Waals surface area contributed by atoms with Crippen molar-refractivity contribution in [3.05, 3.63) is 21.4 Å². The number of fused-ring (bicyclic) bond motifs is 4. The molecule has 19 heavy (non-hydrogen) atoms. The summed E-state index contributed by atoms with van der Waals surface area (Å²) in [7, 11) is 1.31. The molecule has 0 radical (unpaired) electrons. The van der Waals surface area contributed by atoms with E-state index in [0.29, 0.717) is 11.6 Å². The van der Waals surface area contributed by atoms with Gasteiger partial charge in [-0.25, -0.2) is 9.59 Å². The molecule has 1 aromatic rings. The summed E-state index contributed by atoms with van der Waals surface area (Å²) in [6, 6.07) is 0.327. The minimum absolute atomic E-state index is 0.321. The van der Waals surface area contributed by atoms with Crippen molar-refractivity contribution in [3.63, 3.8) is 0 Å². The van der Waals surface area contributed by atoms with Crippen molar-refractivity contribution in [2.45, 2.75) is 25.4 Å². The minimum Gasteiger partial charge on any atom is -0.467 e. The maximum atomic E-state index is 12.0. The molecule has 0 saturated carbocycles. The summed E-state index contributed by atoms with van der Waals surface area (Å²) in [5, 5.41) is 10.6. The number of urea groups is 1. The van der Waals surface area contributed by atoms with E-state index in [1.54, 1.807) is 0 Å². The zero-order chi connectivity index (χ0) is 13.7. The zero-order valence-electron chi connectivity index (χ0n) is 10.6. The Kier molecular flexibility index (Phi) is 2.75. The number of carbonyl (C=O) groups is 2. The molecule has 0 aromatic carbocycles. The van der Waals surface area contributed by atoms with E-state index in [1.165, 1.54) is 23.3 Å². The van der Waals surface area contributed by atoms with Gasteiger partial charge in [0.15, 0.2) is 6.04 Å². The van der Waals surface area contributed by atoms with E-state index in [0.717, 1.165) is 21.7 Å². The first-order valence-electron chi connectivity index (χ1n) is 6.07. The van der Waals surface area contributed by atoms with Crippen LogP contribution < -0.4 is 0 Å². The fraction of sp³-hybridized carbons (Fsp3) is 0.500. The maximum Gasteiger partial charge on any atom is 0.345 e. The van der Waals surface area contributed by atoms with Gasteiger partial charge in [-0.3, -0.25) is 5.21 Å². The van der Waals surface area contributed by atoms with Gasteiger partial charge in [0.2, 0.25) is 0 Å². The highest BCUT2D eigenvalue weighted by Gasteiger charge is 2.51. The SMILES string of the molecule is CCc1cc2c(s1)C(C(=O)OC)N1CC2N(O)C1=O. The van der Waals surface area contributed by atoms with Gasteiger partial charge in [-0.15, -0.1) is 11.3 Å². The number of nitrogens with zero attached hydrogens (tertiary/aromatic N) is 2. The monoisotopic (exact) mass is 282 g/mol. The van der Waals surface area contributed by atoms with Gasteiger partial charge in [0.05, 0.1) is 13.7 Å². The Morgan fingerprint density at radius 1 is 1.63 bits per heavy atom. The predicted molar refractivity (Wildman–Crippen MR) is 66.9 cm³/mol. The van der Waals surface area contributed by atoms with Gasteiger partial charge < -0.3 is 9.64 Å². The summed E-state index contributed by atoms with van der Waals surface area (Å²) in [6.07, 6.45) is 0.859. The summed E-state index contributed by atoms with van der Waals surface area (Å²) in [5.74, 6) is -0.465. The molecule has 3 heterocycles. The van der Waals surface area contributed by atoms with Crippen molar-refractivity contribution < 1.29 is 19.5 Å². The van der Waals surface area contributed by atoms with Gasteiger partial charge in [-0.2, -0.15) is 5.06 Å². The second kappa shape index (κ2) is 4.21. The third kappa shape index (κ3) is 1.58. The van der Waals surface area contributed by atoms with E-state index in [2.05, 4.69) is 0 Å². The molecule has 2 aliphatic heterocycles. The van der Waals surface area contributed by atoms with Crippen LogP contribution in [0.25, 0.3) is 0 Å². The van der Waals surface area contributed by atoms with Crippen LogP contribution >= 0.6 is 11.3 Å². The molecule has 2 unspecified atom stereocenters. The van der Waals surface area contributed by atoms with Crippen LogP contribution in [0.5, 0.6) is 0 Å². The molecular weight excluding hydrogens is 268 g/mol. The molecule has 7 heteroatoms. The Bertz CT molecular complexity index is 556. The summed E-state index contributed by atoms with van der Waals surface area (Å²) in [4.78, 5) is 27.2. The van der Waals surface area contributed by atoms with E-state index in [-0.39, 0.29) is 6.04 Å². The molecule has 1 N–H and O–H groups in total.